The number of rotatable bonds is 8. The first kappa shape index (κ1) is 28.8. The Morgan fingerprint density at radius 3 is 1.20 bits per heavy atom. The molecule has 0 aromatic carbocycles. The summed E-state index contributed by atoms with van der Waals surface area (Å²) in [4.78, 5) is 20.0. The molecule has 0 heterocycles. The van der Waals surface area contributed by atoms with E-state index in [9.17, 15) is 19.8 Å². The standard InChI is InChI=1S/2C5H8O2.2C4H9O.Ti/c2*1-4(6)3-5(2)7;2*1-4(2)3-5;/h2*3,6H,1-2H3;2*4H,3H2,1-2H3;/q;;2*-1;+4/p-2/b2*4-3-;;;. The van der Waals surface area contributed by atoms with Crippen LogP contribution in [0.3, 0.4) is 0 Å². The van der Waals surface area contributed by atoms with Gasteiger partial charge in [-0.25, -0.2) is 0 Å². The van der Waals surface area contributed by atoms with Crippen LogP contribution in [0.2, 0.25) is 0 Å². The van der Waals surface area contributed by atoms with Crippen LogP contribution in [0.25, 0.3) is 0 Å². The molecule has 6 nitrogen and oxygen atoms in total. The van der Waals surface area contributed by atoms with Gasteiger partial charge in [-0.3, -0.25) is 9.59 Å². The average molecular weight is 392 g/mol. The molecule has 0 bridgehead atoms. The van der Waals surface area contributed by atoms with E-state index in [2.05, 4.69) is 27.7 Å². The van der Waals surface area contributed by atoms with E-state index in [0.29, 0.717) is 11.8 Å². The Morgan fingerprint density at radius 2 is 1.08 bits per heavy atom. The maximum absolute atomic E-state index is 9.98. The molecule has 0 atom stereocenters. The van der Waals surface area contributed by atoms with Gasteiger partial charge in [0.05, 0.1) is 0 Å². The van der Waals surface area contributed by atoms with Crippen molar-refractivity contribution in [2.45, 2.75) is 55.4 Å². The number of hydrogen-bond donors (Lipinski definition) is 0. The van der Waals surface area contributed by atoms with Gasteiger partial charge in [0.25, 0.3) is 0 Å². The molecule has 0 aromatic heterocycles. The maximum atomic E-state index is 9.98. The zero-order valence-electron chi connectivity index (χ0n) is 16.7. The number of allylic oxidation sites excluding steroid dienone is 4. The van der Waals surface area contributed by atoms with Crippen LogP contribution >= 0.6 is 0 Å². The van der Waals surface area contributed by atoms with Crippen molar-refractivity contribution < 1.29 is 46.4 Å². The molecular formula is C18H32O6Ti. The minimum atomic E-state index is -0.563. The van der Waals surface area contributed by atoms with Gasteiger partial charge in [-0.15, -0.1) is 11.5 Å². The van der Waals surface area contributed by atoms with Gasteiger partial charge in [0.1, 0.15) is 0 Å². The van der Waals surface area contributed by atoms with Crippen molar-refractivity contribution in [1.82, 2.24) is 0 Å². The molecule has 0 fully saturated rings. The van der Waals surface area contributed by atoms with Crippen molar-refractivity contribution in [2.75, 3.05) is 13.2 Å². The first-order valence-corrected chi connectivity index (χ1v) is 9.36. The number of ketones is 2. The molecule has 7 heteroatoms. The third-order valence-electron chi connectivity index (χ3n) is 1.76. The number of carbonyl (C=O) groups is 2. The summed E-state index contributed by atoms with van der Waals surface area (Å²) in [5.74, 6) is 0.503. The van der Waals surface area contributed by atoms with E-state index < -0.39 is 19.9 Å². The van der Waals surface area contributed by atoms with Gasteiger partial charge in [0.2, 0.25) is 0 Å². The zero-order valence-corrected chi connectivity index (χ0v) is 18.2. The summed E-state index contributed by atoms with van der Waals surface area (Å²) < 4.78 is 10.7. The molecule has 0 rings (SSSR count). The molecule has 25 heavy (non-hydrogen) atoms. The van der Waals surface area contributed by atoms with Crippen molar-refractivity contribution >= 4 is 11.6 Å². The molecular weight excluding hydrogens is 360 g/mol. The SMILES string of the molecule is CC(=O)/C=C(/C)[O-].CC(=O)/C=C(/C)[O-].CC(C)C[O][Ti+2][O]CC(C)C. The monoisotopic (exact) mass is 392 g/mol. The van der Waals surface area contributed by atoms with Crippen LogP contribution in [0, 0.1) is 11.8 Å². The van der Waals surface area contributed by atoms with Crippen molar-refractivity contribution in [3.05, 3.63) is 23.7 Å². The number of carbonyl (C=O) groups excluding carboxylic acids is 2. The summed E-state index contributed by atoms with van der Waals surface area (Å²) in [5.41, 5.74) is 0. The Hall–Kier alpha value is -0.946. The third kappa shape index (κ3) is 45.1. The molecule has 0 radical (unpaired) electrons. The van der Waals surface area contributed by atoms with Crippen LogP contribution < -0.4 is 10.2 Å². The predicted molar refractivity (Wildman–Crippen MR) is 90.5 cm³/mol. The van der Waals surface area contributed by atoms with Crippen molar-refractivity contribution in [3.8, 4) is 0 Å². The Morgan fingerprint density at radius 1 is 0.800 bits per heavy atom. The Bertz CT molecular complexity index is 368. The Labute approximate surface area is 162 Å². The van der Waals surface area contributed by atoms with Gasteiger partial charge in [-0.2, -0.15) is 0 Å². The third-order valence-corrected chi connectivity index (χ3v) is 2.65. The molecule has 0 amide bonds. The van der Waals surface area contributed by atoms with E-state index in [1.54, 1.807) is 0 Å². The van der Waals surface area contributed by atoms with Gasteiger partial charge in [0.15, 0.2) is 11.6 Å². The quantitative estimate of drug-likeness (QED) is 0.271. The Balaban J connectivity index is -0.000000304. The zero-order chi connectivity index (χ0) is 20.4. The molecule has 144 valence electrons. The van der Waals surface area contributed by atoms with E-state index in [1.165, 1.54) is 27.7 Å². The van der Waals surface area contributed by atoms with Crippen LogP contribution in [-0.2, 0) is 36.2 Å². The van der Waals surface area contributed by atoms with E-state index >= 15 is 0 Å². The van der Waals surface area contributed by atoms with Crippen molar-refractivity contribution in [3.63, 3.8) is 0 Å². The summed E-state index contributed by atoms with van der Waals surface area (Å²) in [5, 5.41) is 20.0. The van der Waals surface area contributed by atoms with Crippen molar-refractivity contribution in [1.29, 1.82) is 0 Å². The molecule has 0 aliphatic carbocycles. The molecule has 0 aromatic rings. The van der Waals surface area contributed by atoms with Crippen LogP contribution in [0.5, 0.6) is 0 Å². The minimum absolute atomic E-state index is 0.187. The van der Waals surface area contributed by atoms with E-state index in [1.807, 2.05) is 0 Å². The molecule has 0 spiro atoms. The topological polar surface area (TPSA) is 98.7 Å². The summed E-state index contributed by atoms with van der Waals surface area (Å²) in [6.45, 7) is 15.7. The second-order valence-corrected chi connectivity index (χ2v) is 7.39. The molecule has 0 unspecified atom stereocenters. The summed E-state index contributed by atoms with van der Waals surface area (Å²) in [6, 6.07) is 0. The molecule has 0 N–H and O–H groups in total. The molecule has 0 saturated heterocycles. The fraction of sp³-hybridized carbons (Fsp3) is 0.667. The number of hydrogen-bond acceptors (Lipinski definition) is 6. The first-order chi connectivity index (χ1) is 11.4. The van der Waals surface area contributed by atoms with Gasteiger partial charge < -0.3 is 10.2 Å². The van der Waals surface area contributed by atoms with Crippen molar-refractivity contribution in [2.24, 2.45) is 11.8 Å². The fourth-order valence-electron chi connectivity index (χ4n) is 1.02. The van der Waals surface area contributed by atoms with Gasteiger partial charge in [0, 0.05) is 0 Å². The van der Waals surface area contributed by atoms with Crippen LogP contribution in [0.15, 0.2) is 23.7 Å². The average Bonchev–Trinajstić information content (AvgIpc) is 2.35. The Kier molecular flexibility index (Phi) is 22.4. The van der Waals surface area contributed by atoms with Crippen LogP contribution in [0.1, 0.15) is 55.4 Å². The molecule has 0 aliphatic rings. The molecule has 0 aliphatic heterocycles. The second-order valence-electron chi connectivity index (χ2n) is 6.22. The second kappa shape index (κ2) is 19.4. The predicted octanol–water partition coefficient (Wildman–Crippen LogP) is 1.92. The fourth-order valence-corrected chi connectivity index (χ4v) is 2.40. The summed E-state index contributed by atoms with van der Waals surface area (Å²) >= 11 is -0.563. The van der Waals surface area contributed by atoms with Crippen LogP contribution in [-0.4, -0.2) is 24.8 Å². The van der Waals surface area contributed by atoms with Gasteiger partial charge in [-0.05, 0) is 26.0 Å². The van der Waals surface area contributed by atoms with Crippen LogP contribution in [0.4, 0.5) is 0 Å². The van der Waals surface area contributed by atoms with E-state index in [-0.39, 0.29) is 23.1 Å². The first-order valence-electron chi connectivity index (χ1n) is 8.08. The van der Waals surface area contributed by atoms with E-state index in [0.717, 1.165) is 25.4 Å². The summed E-state index contributed by atoms with van der Waals surface area (Å²) in [7, 11) is 0. The van der Waals surface area contributed by atoms with Gasteiger partial charge >= 0.3 is 79.3 Å². The van der Waals surface area contributed by atoms with E-state index in [4.69, 9.17) is 6.64 Å². The summed E-state index contributed by atoms with van der Waals surface area (Å²) in [6.07, 6.45) is 2.11. The van der Waals surface area contributed by atoms with Gasteiger partial charge in [-0.1, -0.05) is 13.8 Å². The molecule has 0 saturated carbocycles. The normalized spacial score (nSPS) is 11.1.